The van der Waals surface area contributed by atoms with Crippen LogP contribution in [0.25, 0.3) is 0 Å². The molecule has 1 aliphatic rings. The van der Waals surface area contributed by atoms with Gasteiger partial charge in [-0.05, 0) is 31.0 Å². The van der Waals surface area contributed by atoms with Crippen LogP contribution in [0.3, 0.4) is 0 Å². The largest absolute Gasteiger partial charge is 0.374 e. The average molecular weight is 214 g/mol. The summed E-state index contributed by atoms with van der Waals surface area (Å²) < 4.78 is 0. The minimum atomic E-state index is -0.00754. The number of hydrogen-bond acceptors (Lipinski definition) is 2. The summed E-state index contributed by atoms with van der Waals surface area (Å²) in [6.07, 6.45) is 7.35. The molecule has 3 heteroatoms. The van der Waals surface area contributed by atoms with E-state index in [4.69, 9.17) is 6.42 Å². The van der Waals surface area contributed by atoms with Crippen molar-refractivity contribution in [1.82, 2.24) is 5.32 Å². The summed E-state index contributed by atoms with van der Waals surface area (Å²) in [6.45, 7) is 0.466. The molecule has 1 aromatic carbocycles. The van der Waals surface area contributed by atoms with Gasteiger partial charge in [-0.15, -0.1) is 6.42 Å². The second kappa shape index (κ2) is 4.71. The van der Waals surface area contributed by atoms with E-state index in [1.165, 1.54) is 0 Å². The van der Waals surface area contributed by atoms with Crippen LogP contribution in [-0.2, 0) is 0 Å². The predicted octanol–water partition coefficient (Wildman–Crippen LogP) is 1.62. The van der Waals surface area contributed by atoms with Gasteiger partial charge in [0, 0.05) is 17.3 Å². The van der Waals surface area contributed by atoms with Crippen molar-refractivity contribution >= 4 is 11.6 Å². The quantitative estimate of drug-likeness (QED) is 0.748. The number of anilines is 1. The first-order chi connectivity index (χ1) is 7.79. The third-order valence-electron chi connectivity index (χ3n) is 2.43. The number of benzene rings is 1. The number of hydrogen-bond donors (Lipinski definition) is 2. The van der Waals surface area contributed by atoms with Gasteiger partial charge < -0.3 is 10.6 Å². The number of rotatable bonds is 4. The fourth-order valence-corrected chi connectivity index (χ4v) is 1.42. The van der Waals surface area contributed by atoms with Crippen LogP contribution >= 0.6 is 0 Å². The maximum atomic E-state index is 11.7. The molecular formula is C13H14N2O. The van der Waals surface area contributed by atoms with Gasteiger partial charge in [0.05, 0.1) is 6.54 Å². The Bertz CT molecular complexity index is 430. The third kappa shape index (κ3) is 2.77. The van der Waals surface area contributed by atoms with Gasteiger partial charge in [-0.2, -0.15) is 0 Å². The van der Waals surface area contributed by atoms with E-state index < -0.39 is 0 Å². The Labute approximate surface area is 95.2 Å². The smallest absolute Gasteiger partial charge is 0.251 e. The zero-order valence-electron chi connectivity index (χ0n) is 8.99. The number of amides is 1. The molecule has 0 atom stereocenters. The number of terminal acetylenes is 1. The molecule has 0 bridgehead atoms. The SMILES string of the molecule is C#CCNc1cccc(C(=O)NC2CC2)c1. The highest BCUT2D eigenvalue weighted by Crippen LogP contribution is 2.19. The Hall–Kier alpha value is -1.95. The van der Waals surface area contributed by atoms with E-state index in [2.05, 4.69) is 16.6 Å². The van der Waals surface area contributed by atoms with Crippen molar-refractivity contribution in [3.05, 3.63) is 29.8 Å². The summed E-state index contributed by atoms with van der Waals surface area (Å²) in [5.74, 6) is 2.49. The molecule has 0 heterocycles. The van der Waals surface area contributed by atoms with Crippen LogP contribution < -0.4 is 10.6 Å². The summed E-state index contributed by atoms with van der Waals surface area (Å²) in [6, 6.07) is 7.74. The number of carbonyl (C=O) groups is 1. The maximum Gasteiger partial charge on any atom is 0.251 e. The maximum absolute atomic E-state index is 11.7. The van der Waals surface area contributed by atoms with Crippen LogP contribution in [0.5, 0.6) is 0 Å². The first-order valence-corrected chi connectivity index (χ1v) is 5.38. The molecule has 1 aliphatic carbocycles. The van der Waals surface area contributed by atoms with Gasteiger partial charge in [-0.3, -0.25) is 4.79 Å². The average Bonchev–Trinajstić information content (AvgIpc) is 3.10. The van der Waals surface area contributed by atoms with Crippen LogP contribution in [0.2, 0.25) is 0 Å². The van der Waals surface area contributed by atoms with Crippen molar-refractivity contribution in [3.63, 3.8) is 0 Å². The monoisotopic (exact) mass is 214 g/mol. The fourth-order valence-electron chi connectivity index (χ4n) is 1.42. The Morgan fingerprint density at radius 1 is 1.50 bits per heavy atom. The second-order valence-corrected chi connectivity index (χ2v) is 3.89. The lowest BCUT2D eigenvalue weighted by molar-refractivity contribution is 0.0951. The van der Waals surface area contributed by atoms with E-state index in [9.17, 15) is 4.79 Å². The van der Waals surface area contributed by atoms with Crippen LogP contribution in [0.1, 0.15) is 23.2 Å². The Morgan fingerprint density at radius 2 is 2.31 bits per heavy atom. The zero-order chi connectivity index (χ0) is 11.4. The van der Waals surface area contributed by atoms with Crippen molar-refractivity contribution in [2.24, 2.45) is 0 Å². The Kier molecular flexibility index (Phi) is 3.11. The molecule has 82 valence electrons. The van der Waals surface area contributed by atoms with Crippen molar-refractivity contribution in [2.75, 3.05) is 11.9 Å². The molecule has 0 radical (unpaired) electrons. The Balaban J connectivity index is 2.02. The number of carbonyl (C=O) groups excluding carboxylic acids is 1. The minimum absolute atomic E-state index is 0.00754. The van der Waals surface area contributed by atoms with Gasteiger partial charge in [-0.25, -0.2) is 0 Å². The van der Waals surface area contributed by atoms with Crippen LogP contribution in [0, 0.1) is 12.3 Å². The van der Waals surface area contributed by atoms with Crippen molar-refractivity contribution < 1.29 is 4.79 Å². The lowest BCUT2D eigenvalue weighted by Gasteiger charge is -2.06. The molecule has 0 aliphatic heterocycles. The summed E-state index contributed by atoms with van der Waals surface area (Å²) in [5.41, 5.74) is 1.55. The molecule has 2 rings (SSSR count). The molecule has 0 unspecified atom stereocenters. The van der Waals surface area contributed by atoms with Crippen LogP contribution in [0.4, 0.5) is 5.69 Å². The molecule has 1 amide bonds. The van der Waals surface area contributed by atoms with Crippen LogP contribution in [-0.4, -0.2) is 18.5 Å². The summed E-state index contributed by atoms with van der Waals surface area (Å²) in [5, 5.41) is 5.99. The van der Waals surface area contributed by atoms with Crippen LogP contribution in [0.15, 0.2) is 24.3 Å². The van der Waals surface area contributed by atoms with E-state index in [1.807, 2.05) is 18.2 Å². The van der Waals surface area contributed by atoms with E-state index in [0.29, 0.717) is 18.2 Å². The molecule has 3 nitrogen and oxygen atoms in total. The predicted molar refractivity (Wildman–Crippen MR) is 64.3 cm³/mol. The highest BCUT2D eigenvalue weighted by molar-refractivity contribution is 5.95. The van der Waals surface area contributed by atoms with Gasteiger partial charge in [-0.1, -0.05) is 12.0 Å². The molecule has 16 heavy (non-hydrogen) atoms. The van der Waals surface area contributed by atoms with E-state index in [1.54, 1.807) is 6.07 Å². The lowest BCUT2D eigenvalue weighted by Crippen LogP contribution is -2.25. The number of nitrogens with one attached hydrogen (secondary N) is 2. The van der Waals surface area contributed by atoms with E-state index in [-0.39, 0.29) is 5.91 Å². The third-order valence-corrected chi connectivity index (χ3v) is 2.43. The summed E-state index contributed by atoms with van der Waals surface area (Å²) >= 11 is 0. The fraction of sp³-hybridized carbons (Fsp3) is 0.308. The minimum Gasteiger partial charge on any atom is -0.374 e. The normalized spacial score (nSPS) is 13.9. The topological polar surface area (TPSA) is 41.1 Å². The highest BCUT2D eigenvalue weighted by Gasteiger charge is 2.23. The van der Waals surface area contributed by atoms with Gasteiger partial charge in [0.15, 0.2) is 0 Å². The molecule has 0 aromatic heterocycles. The van der Waals surface area contributed by atoms with E-state index >= 15 is 0 Å². The molecule has 1 saturated carbocycles. The van der Waals surface area contributed by atoms with Crippen molar-refractivity contribution in [3.8, 4) is 12.3 Å². The van der Waals surface area contributed by atoms with Crippen molar-refractivity contribution in [1.29, 1.82) is 0 Å². The summed E-state index contributed by atoms with van der Waals surface area (Å²) in [4.78, 5) is 11.7. The summed E-state index contributed by atoms with van der Waals surface area (Å²) in [7, 11) is 0. The zero-order valence-corrected chi connectivity index (χ0v) is 8.99. The van der Waals surface area contributed by atoms with Gasteiger partial charge in [0.1, 0.15) is 0 Å². The van der Waals surface area contributed by atoms with E-state index in [0.717, 1.165) is 18.5 Å². The Morgan fingerprint density at radius 3 is 3.00 bits per heavy atom. The van der Waals surface area contributed by atoms with Gasteiger partial charge in [0.25, 0.3) is 5.91 Å². The van der Waals surface area contributed by atoms with Gasteiger partial charge >= 0.3 is 0 Å². The second-order valence-electron chi connectivity index (χ2n) is 3.89. The van der Waals surface area contributed by atoms with Crippen molar-refractivity contribution in [2.45, 2.75) is 18.9 Å². The molecule has 1 aromatic rings. The first kappa shape index (κ1) is 10.6. The first-order valence-electron chi connectivity index (χ1n) is 5.38. The highest BCUT2D eigenvalue weighted by atomic mass is 16.1. The lowest BCUT2D eigenvalue weighted by atomic mass is 10.2. The molecular weight excluding hydrogens is 200 g/mol. The standard InChI is InChI=1S/C13H14N2O/c1-2-8-14-12-5-3-4-10(9-12)13(16)15-11-6-7-11/h1,3-5,9,11,14H,6-8H2,(H,15,16). The van der Waals surface area contributed by atoms with Gasteiger partial charge in [0.2, 0.25) is 0 Å². The molecule has 0 spiro atoms. The molecule has 2 N–H and O–H groups in total. The molecule has 0 saturated heterocycles. The molecule has 1 fully saturated rings.